The number of fused-ring (bicyclic) bond motifs is 1. The summed E-state index contributed by atoms with van der Waals surface area (Å²) < 4.78 is 31.0. The van der Waals surface area contributed by atoms with E-state index in [4.69, 9.17) is 14.2 Å². The third-order valence-electron chi connectivity index (χ3n) is 6.06. The number of alkyl halides is 1. The van der Waals surface area contributed by atoms with E-state index in [9.17, 15) is 14.0 Å². The highest BCUT2D eigenvalue weighted by Crippen LogP contribution is 2.47. The van der Waals surface area contributed by atoms with E-state index in [0.717, 1.165) is 12.0 Å². The lowest BCUT2D eigenvalue weighted by molar-refractivity contribution is -0.136. The highest BCUT2D eigenvalue weighted by molar-refractivity contribution is 6.11. The zero-order chi connectivity index (χ0) is 21.3. The van der Waals surface area contributed by atoms with Gasteiger partial charge in [0.2, 0.25) is 0 Å². The SMILES string of the molecule is CCCOc1cccc(C2C3=C(OC4CCC(F)CC4C3=O)C(=O)N2CCOC)c1. The molecule has 2 heterocycles. The van der Waals surface area contributed by atoms with E-state index in [0.29, 0.717) is 43.9 Å². The molecule has 4 rings (SSSR count). The largest absolute Gasteiger partial charge is 0.494 e. The Morgan fingerprint density at radius 1 is 1.23 bits per heavy atom. The number of benzene rings is 1. The van der Waals surface area contributed by atoms with Crippen LogP contribution in [0.4, 0.5) is 4.39 Å². The van der Waals surface area contributed by atoms with Crippen molar-refractivity contribution >= 4 is 11.7 Å². The van der Waals surface area contributed by atoms with Gasteiger partial charge in [0.05, 0.1) is 30.7 Å². The second kappa shape index (κ2) is 8.76. The molecule has 2 aliphatic heterocycles. The fourth-order valence-corrected chi connectivity index (χ4v) is 4.62. The van der Waals surface area contributed by atoms with Gasteiger partial charge in [-0.15, -0.1) is 0 Å². The Morgan fingerprint density at radius 2 is 2.07 bits per heavy atom. The van der Waals surface area contributed by atoms with Crippen molar-refractivity contribution in [1.29, 1.82) is 0 Å². The van der Waals surface area contributed by atoms with E-state index < -0.39 is 24.2 Å². The predicted octanol–water partition coefficient (Wildman–Crippen LogP) is 3.37. The summed E-state index contributed by atoms with van der Waals surface area (Å²) in [7, 11) is 1.57. The van der Waals surface area contributed by atoms with Gasteiger partial charge in [0.1, 0.15) is 18.0 Å². The van der Waals surface area contributed by atoms with Crippen LogP contribution in [0.3, 0.4) is 0 Å². The quantitative estimate of drug-likeness (QED) is 0.681. The Bertz CT molecular complexity index is 854. The summed E-state index contributed by atoms with van der Waals surface area (Å²) in [5.74, 6) is -0.196. The molecule has 0 saturated heterocycles. The first-order valence-electron chi connectivity index (χ1n) is 10.7. The van der Waals surface area contributed by atoms with Crippen LogP contribution in [0.1, 0.15) is 44.2 Å². The van der Waals surface area contributed by atoms with Gasteiger partial charge in [-0.05, 0) is 43.4 Å². The van der Waals surface area contributed by atoms with Gasteiger partial charge >= 0.3 is 0 Å². The molecule has 3 aliphatic rings. The first-order valence-corrected chi connectivity index (χ1v) is 10.7. The summed E-state index contributed by atoms with van der Waals surface area (Å²) in [5.41, 5.74) is 1.13. The Kier molecular flexibility index (Phi) is 6.09. The van der Waals surface area contributed by atoms with Crippen LogP contribution >= 0.6 is 0 Å². The number of halogens is 1. The molecule has 1 aromatic carbocycles. The second-order valence-electron chi connectivity index (χ2n) is 8.10. The van der Waals surface area contributed by atoms with Crippen molar-refractivity contribution < 1.29 is 28.2 Å². The monoisotopic (exact) mass is 417 g/mol. The van der Waals surface area contributed by atoms with E-state index in [1.54, 1.807) is 12.0 Å². The molecule has 1 aliphatic carbocycles. The third-order valence-corrected chi connectivity index (χ3v) is 6.06. The molecule has 0 aromatic heterocycles. The van der Waals surface area contributed by atoms with Crippen LogP contribution in [0.5, 0.6) is 5.75 Å². The Hall–Kier alpha value is -2.41. The molecular formula is C23H28FNO5. The summed E-state index contributed by atoms with van der Waals surface area (Å²) in [4.78, 5) is 28.3. The molecular weight excluding hydrogens is 389 g/mol. The van der Waals surface area contributed by atoms with Crippen molar-refractivity contribution in [2.75, 3.05) is 26.9 Å². The normalized spacial score (nSPS) is 28.3. The molecule has 30 heavy (non-hydrogen) atoms. The first-order chi connectivity index (χ1) is 14.5. The summed E-state index contributed by atoms with van der Waals surface area (Å²) in [5, 5.41) is 0. The summed E-state index contributed by atoms with van der Waals surface area (Å²) in [6, 6.07) is 6.87. The molecule has 4 atom stereocenters. The maximum absolute atomic E-state index is 14.0. The Morgan fingerprint density at radius 3 is 2.83 bits per heavy atom. The van der Waals surface area contributed by atoms with Crippen LogP contribution in [-0.4, -0.2) is 55.7 Å². The topological polar surface area (TPSA) is 65.1 Å². The molecule has 162 valence electrons. The molecule has 0 N–H and O–H groups in total. The number of hydrogen-bond acceptors (Lipinski definition) is 5. The maximum Gasteiger partial charge on any atom is 0.290 e. The number of rotatable bonds is 7. The van der Waals surface area contributed by atoms with E-state index in [1.807, 2.05) is 31.2 Å². The molecule has 1 fully saturated rings. The van der Waals surface area contributed by atoms with Crippen molar-refractivity contribution in [3.8, 4) is 5.75 Å². The second-order valence-corrected chi connectivity index (χ2v) is 8.10. The van der Waals surface area contributed by atoms with Gasteiger partial charge in [-0.2, -0.15) is 0 Å². The number of ketones is 1. The first kappa shape index (κ1) is 20.8. The van der Waals surface area contributed by atoms with Gasteiger partial charge in [0.25, 0.3) is 5.91 Å². The van der Waals surface area contributed by atoms with Crippen LogP contribution in [0.25, 0.3) is 0 Å². The van der Waals surface area contributed by atoms with Gasteiger partial charge in [-0.25, -0.2) is 4.39 Å². The van der Waals surface area contributed by atoms with Gasteiger partial charge in [-0.1, -0.05) is 19.1 Å². The van der Waals surface area contributed by atoms with Crippen LogP contribution in [-0.2, 0) is 19.1 Å². The predicted molar refractivity (Wildman–Crippen MR) is 108 cm³/mol. The van der Waals surface area contributed by atoms with Gasteiger partial charge in [-0.3, -0.25) is 9.59 Å². The lowest BCUT2D eigenvalue weighted by Gasteiger charge is -2.36. The molecule has 1 saturated carbocycles. The fraction of sp³-hybridized carbons (Fsp3) is 0.565. The summed E-state index contributed by atoms with van der Waals surface area (Å²) in [6.07, 6.45) is 0.408. The number of ether oxygens (including phenoxy) is 3. The zero-order valence-electron chi connectivity index (χ0n) is 17.4. The van der Waals surface area contributed by atoms with E-state index in [1.165, 1.54) is 0 Å². The fourth-order valence-electron chi connectivity index (χ4n) is 4.62. The van der Waals surface area contributed by atoms with Gasteiger partial charge < -0.3 is 19.1 Å². The lowest BCUT2D eigenvalue weighted by atomic mass is 9.77. The maximum atomic E-state index is 14.0. The lowest BCUT2D eigenvalue weighted by Crippen LogP contribution is -2.42. The number of hydrogen-bond donors (Lipinski definition) is 0. The molecule has 1 amide bonds. The molecule has 4 unspecified atom stereocenters. The minimum absolute atomic E-state index is 0.125. The zero-order valence-corrected chi connectivity index (χ0v) is 17.4. The van der Waals surface area contributed by atoms with Crippen LogP contribution < -0.4 is 4.74 Å². The average molecular weight is 417 g/mol. The molecule has 0 bridgehead atoms. The summed E-state index contributed by atoms with van der Waals surface area (Å²) >= 11 is 0. The van der Waals surface area contributed by atoms with E-state index in [2.05, 4.69) is 0 Å². The minimum Gasteiger partial charge on any atom is -0.494 e. The smallest absolute Gasteiger partial charge is 0.290 e. The molecule has 1 aromatic rings. The van der Waals surface area contributed by atoms with Crippen molar-refractivity contribution in [1.82, 2.24) is 4.90 Å². The average Bonchev–Trinajstić information content (AvgIpc) is 3.03. The molecule has 6 nitrogen and oxygen atoms in total. The van der Waals surface area contributed by atoms with Crippen molar-refractivity contribution in [2.24, 2.45) is 5.92 Å². The molecule has 0 radical (unpaired) electrons. The number of carbonyl (C=O) groups is 2. The van der Waals surface area contributed by atoms with Crippen molar-refractivity contribution in [3.63, 3.8) is 0 Å². The third kappa shape index (κ3) is 3.71. The van der Waals surface area contributed by atoms with Gasteiger partial charge in [0.15, 0.2) is 11.5 Å². The minimum atomic E-state index is -1.01. The number of Topliss-reactive ketones (excluding diaryl/α,β-unsaturated/α-hetero) is 1. The highest BCUT2D eigenvalue weighted by atomic mass is 19.1. The Balaban J connectivity index is 1.73. The number of amides is 1. The van der Waals surface area contributed by atoms with E-state index >= 15 is 0 Å². The Labute approximate surface area is 176 Å². The van der Waals surface area contributed by atoms with Crippen molar-refractivity contribution in [2.45, 2.75) is 50.9 Å². The van der Waals surface area contributed by atoms with Crippen molar-refractivity contribution in [3.05, 3.63) is 41.2 Å². The standard InChI is InChI=1S/C23H28FNO5/c1-3-10-29-16-6-4-5-14(12-16)20-19-21(26)17-13-15(24)7-8-18(17)30-22(19)23(27)25(20)9-11-28-2/h4-6,12,15,17-18,20H,3,7-11,13H2,1-2H3. The van der Waals surface area contributed by atoms with Crippen LogP contribution in [0, 0.1) is 5.92 Å². The van der Waals surface area contributed by atoms with Crippen LogP contribution in [0.15, 0.2) is 35.6 Å². The van der Waals surface area contributed by atoms with E-state index in [-0.39, 0.29) is 23.9 Å². The number of carbonyl (C=O) groups excluding carboxylic acids is 2. The number of methoxy groups -OCH3 is 1. The highest BCUT2D eigenvalue weighted by Gasteiger charge is 2.52. The summed E-state index contributed by atoms with van der Waals surface area (Å²) in [6.45, 7) is 3.27. The molecule has 7 heteroatoms. The van der Waals surface area contributed by atoms with Gasteiger partial charge in [0, 0.05) is 13.7 Å². The van der Waals surface area contributed by atoms with Crippen LogP contribution in [0.2, 0.25) is 0 Å². The number of nitrogens with zero attached hydrogens (tertiary/aromatic N) is 1. The molecule has 0 spiro atoms.